The summed E-state index contributed by atoms with van der Waals surface area (Å²) in [7, 11) is 0. The van der Waals surface area contributed by atoms with Gasteiger partial charge in [0.05, 0.1) is 17.7 Å². The molecule has 0 aliphatic heterocycles. The highest BCUT2D eigenvalue weighted by Crippen LogP contribution is 1.99. The monoisotopic (exact) mass is 255 g/mol. The van der Waals surface area contributed by atoms with Crippen molar-refractivity contribution in [2.24, 2.45) is 0 Å². The Hall–Kier alpha value is -1.89. The number of nitrogens with one attached hydrogen (secondary N) is 2. The molecule has 7 heteroatoms. The van der Waals surface area contributed by atoms with Crippen LogP contribution in [0.1, 0.15) is 12.1 Å². The molecule has 0 spiro atoms. The van der Waals surface area contributed by atoms with Crippen LogP contribution >= 0.6 is 11.3 Å². The summed E-state index contributed by atoms with van der Waals surface area (Å²) in [5.41, 5.74) is 2.40. The Morgan fingerprint density at radius 2 is 2.41 bits per heavy atom. The minimum Gasteiger partial charge on any atom is -0.480 e. The van der Waals surface area contributed by atoms with Crippen LogP contribution in [0.4, 0.5) is 4.79 Å². The highest BCUT2D eigenvalue weighted by molar-refractivity contribution is 7.07. The van der Waals surface area contributed by atoms with E-state index >= 15 is 0 Å². The summed E-state index contributed by atoms with van der Waals surface area (Å²) in [6.07, 6.45) is 1.62. The first-order valence-electron chi connectivity index (χ1n) is 4.88. The molecule has 1 aromatic rings. The lowest BCUT2D eigenvalue weighted by molar-refractivity contribution is -0.139. The summed E-state index contributed by atoms with van der Waals surface area (Å²) in [5.74, 6) is -1.09. The van der Waals surface area contributed by atoms with Crippen molar-refractivity contribution in [1.29, 1.82) is 0 Å². The third kappa shape index (κ3) is 4.64. The van der Waals surface area contributed by atoms with Crippen molar-refractivity contribution in [2.75, 3.05) is 0 Å². The molecule has 1 rings (SSSR count). The summed E-state index contributed by atoms with van der Waals surface area (Å²) in [6.45, 7) is 3.71. The van der Waals surface area contributed by atoms with Gasteiger partial charge in [0.2, 0.25) is 0 Å². The van der Waals surface area contributed by atoms with Crippen molar-refractivity contribution in [1.82, 2.24) is 15.6 Å². The van der Waals surface area contributed by atoms with Gasteiger partial charge in [0.1, 0.15) is 6.04 Å². The zero-order chi connectivity index (χ0) is 12.7. The Kier molecular flexibility index (Phi) is 5.15. The average Bonchev–Trinajstić information content (AvgIpc) is 2.78. The summed E-state index contributed by atoms with van der Waals surface area (Å²) in [6, 6.07) is -1.49. The number of aliphatic carboxylic acids is 1. The van der Waals surface area contributed by atoms with Gasteiger partial charge in [0.25, 0.3) is 0 Å². The molecule has 1 unspecified atom stereocenters. The predicted molar refractivity (Wildman–Crippen MR) is 63.7 cm³/mol. The van der Waals surface area contributed by atoms with Crippen LogP contribution in [0.3, 0.4) is 0 Å². The lowest BCUT2D eigenvalue weighted by atomic mass is 10.2. The molecule has 0 radical (unpaired) electrons. The number of urea groups is 1. The number of carboxylic acids is 1. The lowest BCUT2D eigenvalue weighted by Gasteiger charge is -2.12. The molecule has 17 heavy (non-hydrogen) atoms. The zero-order valence-electron chi connectivity index (χ0n) is 9.05. The molecule has 0 bridgehead atoms. The van der Waals surface area contributed by atoms with Gasteiger partial charge >= 0.3 is 12.0 Å². The van der Waals surface area contributed by atoms with E-state index in [0.29, 0.717) is 0 Å². The standard InChI is InChI=1S/C10H13N3O3S/c1-2-3-8(9(14)15)13-10(16)11-4-7-5-17-6-12-7/h2,5-6,8H,1,3-4H2,(H,14,15)(H2,11,13,16). The fraction of sp³-hybridized carbons (Fsp3) is 0.300. The molecule has 0 aromatic carbocycles. The number of thiazole rings is 1. The van der Waals surface area contributed by atoms with E-state index in [4.69, 9.17) is 5.11 Å². The number of carboxylic acid groups (broad SMARTS) is 1. The second-order valence-electron chi connectivity index (χ2n) is 3.22. The van der Waals surface area contributed by atoms with E-state index in [9.17, 15) is 9.59 Å². The van der Waals surface area contributed by atoms with E-state index in [1.54, 1.807) is 10.9 Å². The number of amides is 2. The average molecular weight is 255 g/mol. The van der Waals surface area contributed by atoms with Crippen LogP contribution < -0.4 is 10.6 Å². The molecule has 0 saturated heterocycles. The van der Waals surface area contributed by atoms with Gasteiger partial charge in [-0.3, -0.25) is 0 Å². The lowest BCUT2D eigenvalue weighted by Crippen LogP contribution is -2.45. The molecule has 3 N–H and O–H groups in total. The van der Waals surface area contributed by atoms with Crippen molar-refractivity contribution in [2.45, 2.75) is 19.0 Å². The Balaban J connectivity index is 2.37. The molecule has 92 valence electrons. The van der Waals surface area contributed by atoms with Crippen LogP contribution in [0.15, 0.2) is 23.5 Å². The van der Waals surface area contributed by atoms with Crippen LogP contribution in [-0.4, -0.2) is 28.1 Å². The number of rotatable bonds is 6. The van der Waals surface area contributed by atoms with E-state index in [1.165, 1.54) is 17.4 Å². The highest BCUT2D eigenvalue weighted by Gasteiger charge is 2.17. The Bertz CT molecular complexity index is 392. The van der Waals surface area contributed by atoms with Crippen molar-refractivity contribution < 1.29 is 14.7 Å². The van der Waals surface area contributed by atoms with Gasteiger partial charge < -0.3 is 15.7 Å². The van der Waals surface area contributed by atoms with Gasteiger partial charge in [-0.2, -0.15) is 0 Å². The van der Waals surface area contributed by atoms with E-state index in [-0.39, 0.29) is 13.0 Å². The number of hydrogen-bond acceptors (Lipinski definition) is 4. The van der Waals surface area contributed by atoms with Crippen molar-refractivity contribution in [3.63, 3.8) is 0 Å². The number of nitrogens with zero attached hydrogens (tertiary/aromatic N) is 1. The molecular formula is C10H13N3O3S. The first-order chi connectivity index (χ1) is 8.13. The second-order valence-corrected chi connectivity index (χ2v) is 3.94. The van der Waals surface area contributed by atoms with Crippen LogP contribution in [0.5, 0.6) is 0 Å². The van der Waals surface area contributed by atoms with E-state index in [0.717, 1.165) is 5.69 Å². The first kappa shape index (κ1) is 13.2. The number of carbonyl (C=O) groups excluding carboxylic acids is 1. The van der Waals surface area contributed by atoms with Gasteiger partial charge in [0.15, 0.2) is 0 Å². The summed E-state index contributed by atoms with van der Waals surface area (Å²) in [4.78, 5) is 26.1. The van der Waals surface area contributed by atoms with E-state index < -0.39 is 18.0 Å². The van der Waals surface area contributed by atoms with Gasteiger partial charge in [-0.05, 0) is 6.42 Å². The van der Waals surface area contributed by atoms with Gasteiger partial charge in [0, 0.05) is 5.38 Å². The van der Waals surface area contributed by atoms with Gasteiger partial charge in [-0.1, -0.05) is 6.08 Å². The van der Waals surface area contributed by atoms with Gasteiger partial charge in [-0.15, -0.1) is 17.9 Å². The Morgan fingerprint density at radius 3 is 2.94 bits per heavy atom. The highest BCUT2D eigenvalue weighted by atomic mass is 32.1. The third-order valence-electron chi connectivity index (χ3n) is 1.92. The smallest absolute Gasteiger partial charge is 0.326 e. The maximum absolute atomic E-state index is 11.4. The van der Waals surface area contributed by atoms with E-state index in [1.807, 2.05) is 0 Å². The fourth-order valence-corrected chi connectivity index (χ4v) is 1.65. The normalized spacial score (nSPS) is 11.5. The molecule has 1 aromatic heterocycles. The molecule has 0 aliphatic rings. The summed E-state index contributed by atoms with van der Waals surface area (Å²) < 4.78 is 0. The maximum atomic E-state index is 11.4. The van der Waals surface area contributed by atoms with Crippen LogP contribution in [-0.2, 0) is 11.3 Å². The second kappa shape index (κ2) is 6.64. The Labute approximate surface area is 102 Å². The largest absolute Gasteiger partial charge is 0.480 e. The van der Waals surface area contributed by atoms with Crippen molar-refractivity contribution in [3.8, 4) is 0 Å². The molecule has 1 heterocycles. The Morgan fingerprint density at radius 1 is 1.65 bits per heavy atom. The number of carbonyl (C=O) groups is 2. The molecule has 2 amide bonds. The van der Waals surface area contributed by atoms with Crippen LogP contribution in [0.2, 0.25) is 0 Å². The van der Waals surface area contributed by atoms with Crippen molar-refractivity contribution in [3.05, 3.63) is 29.2 Å². The minimum atomic E-state index is -1.09. The SMILES string of the molecule is C=CCC(NC(=O)NCc1cscn1)C(=O)O. The minimum absolute atomic E-state index is 0.180. The third-order valence-corrected chi connectivity index (χ3v) is 2.55. The van der Waals surface area contributed by atoms with Crippen molar-refractivity contribution >= 4 is 23.3 Å². The molecule has 1 atom stereocenters. The van der Waals surface area contributed by atoms with Gasteiger partial charge in [-0.25, -0.2) is 14.6 Å². The van der Waals surface area contributed by atoms with Crippen LogP contribution in [0.25, 0.3) is 0 Å². The summed E-state index contributed by atoms with van der Waals surface area (Å²) >= 11 is 1.43. The quantitative estimate of drug-likeness (QED) is 0.660. The predicted octanol–water partition coefficient (Wildman–Crippen LogP) is 0.972. The summed E-state index contributed by atoms with van der Waals surface area (Å²) in [5, 5.41) is 15.5. The molecule has 0 saturated carbocycles. The number of hydrogen-bond donors (Lipinski definition) is 3. The maximum Gasteiger partial charge on any atom is 0.326 e. The molecule has 6 nitrogen and oxygen atoms in total. The fourth-order valence-electron chi connectivity index (χ4n) is 1.09. The molecular weight excluding hydrogens is 242 g/mol. The number of aromatic nitrogens is 1. The zero-order valence-corrected chi connectivity index (χ0v) is 9.87. The first-order valence-corrected chi connectivity index (χ1v) is 5.83. The topological polar surface area (TPSA) is 91.3 Å². The van der Waals surface area contributed by atoms with E-state index in [2.05, 4.69) is 22.2 Å². The molecule has 0 fully saturated rings. The van der Waals surface area contributed by atoms with Crippen LogP contribution in [0, 0.1) is 0 Å². The molecule has 0 aliphatic carbocycles.